The molecule has 0 radical (unpaired) electrons. The van der Waals surface area contributed by atoms with E-state index in [1.165, 1.54) is 13.8 Å². The number of benzene rings is 1. The number of esters is 1. The third-order valence-electron chi connectivity index (χ3n) is 18.3. The van der Waals surface area contributed by atoms with E-state index in [0.717, 1.165) is 18.4 Å². The number of carbonyl (C=O) groups is 12. The van der Waals surface area contributed by atoms with Crippen molar-refractivity contribution in [3.63, 3.8) is 0 Å². The van der Waals surface area contributed by atoms with Gasteiger partial charge in [-0.1, -0.05) is 151 Å². The van der Waals surface area contributed by atoms with Crippen LogP contribution in [0.25, 0.3) is 0 Å². The summed E-state index contributed by atoms with van der Waals surface area (Å²) in [6.45, 7) is 17.3. The summed E-state index contributed by atoms with van der Waals surface area (Å²) >= 11 is 0. The topological polar surface area (TPSA) is 353 Å². The number of nitrogens with one attached hydrogen (secondary N) is 6. The summed E-state index contributed by atoms with van der Waals surface area (Å²) in [6, 6.07) is 3.02. The van der Waals surface area contributed by atoms with Crippen LogP contribution in [0.15, 0.2) is 30.3 Å². The number of hydrogen-bond acceptors (Lipinski definition) is 15. The number of rotatable bonds is 33. The minimum Gasteiger partial charge on any atom is -0.458 e. The van der Waals surface area contributed by atoms with Crippen molar-refractivity contribution in [2.24, 2.45) is 59.0 Å². The van der Waals surface area contributed by atoms with E-state index in [2.05, 4.69) is 31.9 Å². The lowest BCUT2D eigenvalue weighted by atomic mass is 9.83. The molecule has 22 heteroatoms. The van der Waals surface area contributed by atoms with Crippen LogP contribution >= 0.6 is 0 Å². The van der Waals surface area contributed by atoms with Crippen molar-refractivity contribution < 1.29 is 72.5 Å². The number of aliphatic hydroxyl groups excluding tert-OH is 2. The Balaban J connectivity index is 1.86. The maximum absolute atomic E-state index is 14.5. The minimum absolute atomic E-state index is 0.287. The van der Waals surface area contributed by atoms with E-state index < -0.39 is 193 Å². The molecular weight excluding hydrogens is 1120 g/mol. The number of primary amides is 1. The predicted molar refractivity (Wildman–Crippen MR) is 326 cm³/mol. The van der Waals surface area contributed by atoms with Crippen molar-refractivity contribution in [1.29, 1.82) is 0 Å². The van der Waals surface area contributed by atoms with Gasteiger partial charge in [0.1, 0.15) is 23.7 Å². The standard InChI is InChI=1S/C65H103N7O15/c1-12-37(6)47(34-49(75)48(26-27-53(66)79)67-60(82)45(35-73)32-51(77)54(38(7)13-2)68-59(81)44(16-5)31-43-24-20-19-21-25-43)62(84)69-55(39(8)14-3)52(78)33-46(36-74)61(83)70-57-42(11)87-63(85)56(40(9)15-4)71-64(86)65(28-22-17-18-23-29-65)72-58(80)41(10)30-50(57)76/h19-21,24-25,37-42,44-48,54-57,73-74H,12-18,22-23,26-36H2,1-11H3,(H2,66,79)(H,67,82)(H,68,81)(H,69,84)(H,70,83)(H,71,86)(H,72,80)/t37-,38-,39-,40-,41+,42-,44+,45-,46-,47+,48+,54-,55-,56-,57+/m0/s1. The van der Waals surface area contributed by atoms with Crippen LogP contribution in [-0.2, 0) is 68.7 Å². The lowest BCUT2D eigenvalue weighted by Crippen LogP contribution is -2.62. The molecular formula is C65H103N7O15. The molecule has 2 aliphatic rings. The number of amides is 7. The minimum atomic E-state index is -1.57. The van der Waals surface area contributed by atoms with E-state index in [1.807, 2.05) is 51.1 Å². The third kappa shape index (κ3) is 22.3. The highest BCUT2D eigenvalue weighted by Crippen LogP contribution is 2.30. The molecule has 1 saturated heterocycles. The summed E-state index contributed by atoms with van der Waals surface area (Å²) in [4.78, 5) is 168. The Bertz CT molecular complexity index is 2500. The van der Waals surface area contributed by atoms with Crippen molar-refractivity contribution in [2.75, 3.05) is 13.2 Å². The van der Waals surface area contributed by atoms with E-state index in [4.69, 9.17) is 10.5 Å². The van der Waals surface area contributed by atoms with Gasteiger partial charge in [-0.05, 0) is 68.3 Å². The van der Waals surface area contributed by atoms with Gasteiger partial charge in [-0.2, -0.15) is 0 Å². The van der Waals surface area contributed by atoms with Crippen LogP contribution in [0.1, 0.15) is 191 Å². The first-order valence-electron chi connectivity index (χ1n) is 31.9. The van der Waals surface area contributed by atoms with Crippen LogP contribution in [0.3, 0.4) is 0 Å². The molecule has 87 heavy (non-hydrogen) atoms. The van der Waals surface area contributed by atoms with Crippen molar-refractivity contribution in [2.45, 2.75) is 234 Å². The predicted octanol–water partition coefficient (Wildman–Crippen LogP) is 4.59. The molecule has 1 aromatic rings. The molecule has 1 spiro atoms. The first-order valence-corrected chi connectivity index (χ1v) is 31.9. The van der Waals surface area contributed by atoms with Gasteiger partial charge in [-0.25, -0.2) is 4.79 Å². The molecule has 1 aromatic carbocycles. The number of carbonyl (C=O) groups excluding carboxylic acids is 12. The van der Waals surface area contributed by atoms with Crippen molar-refractivity contribution in [3.8, 4) is 0 Å². The molecule has 2 fully saturated rings. The Morgan fingerprint density at radius 1 is 0.655 bits per heavy atom. The van der Waals surface area contributed by atoms with E-state index in [9.17, 15) is 67.7 Å². The van der Waals surface area contributed by atoms with Gasteiger partial charge in [-0.3, -0.25) is 52.7 Å². The van der Waals surface area contributed by atoms with Gasteiger partial charge in [0.2, 0.25) is 41.4 Å². The molecule has 1 aliphatic carbocycles. The third-order valence-corrected chi connectivity index (χ3v) is 18.3. The van der Waals surface area contributed by atoms with E-state index in [1.54, 1.807) is 41.5 Å². The van der Waals surface area contributed by atoms with Crippen LogP contribution in [0, 0.1) is 53.3 Å². The van der Waals surface area contributed by atoms with E-state index in [-0.39, 0.29) is 24.7 Å². The molecule has 22 nitrogen and oxygen atoms in total. The molecule has 488 valence electrons. The Hall–Kier alpha value is -6.42. The number of ketones is 4. The average Bonchev–Trinajstić information content (AvgIpc) is 2.55. The summed E-state index contributed by atoms with van der Waals surface area (Å²) in [7, 11) is 0. The summed E-state index contributed by atoms with van der Waals surface area (Å²) in [5.41, 5.74) is 5.12. The number of Topliss-reactive ketones (excluding diaryl/α,β-unsaturated/α-hetero) is 4. The summed E-state index contributed by atoms with van der Waals surface area (Å²) in [6.07, 6.45) is 2.16. The second kappa shape index (κ2) is 36.8. The second-order valence-electron chi connectivity index (χ2n) is 24.9. The molecule has 1 aliphatic heterocycles. The lowest BCUT2D eigenvalue weighted by molar-refractivity contribution is -0.157. The number of nitrogens with two attached hydrogens (primary N) is 1. The highest BCUT2D eigenvalue weighted by Gasteiger charge is 2.46. The lowest BCUT2D eigenvalue weighted by Gasteiger charge is -2.35. The van der Waals surface area contributed by atoms with Crippen LogP contribution in [0.4, 0.5) is 0 Å². The first kappa shape index (κ1) is 74.8. The monoisotopic (exact) mass is 1220 g/mol. The Kier molecular flexibility index (Phi) is 31.6. The molecule has 1 saturated carbocycles. The maximum atomic E-state index is 14.5. The van der Waals surface area contributed by atoms with Crippen LogP contribution < -0.4 is 37.6 Å². The van der Waals surface area contributed by atoms with Crippen molar-refractivity contribution >= 4 is 70.5 Å². The fourth-order valence-electron chi connectivity index (χ4n) is 11.3. The first-order chi connectivity index (χ1) is 41.1. The van der Waals surface area contributed by atoms with Gasteiger partial charge >= 0.3 is 5.97 Å². The highest BCUT2D eigenvalue weighted by molar-refractivity contribution is 6.00. The molecule has 0 aromatic heterocycles. The average molecular weight is 1220 g/mol. The van der Waals surface area contributed by atoms with Crippen LogP contribution in [0.2, 0.25) is 0 Å². The van der Waals surface area contributed by atoms with E-state index in [0.29, 0.717) is 64.2 Å². The normalized spacial score (nSPS) is 22.3. The van der Waals surface area contributed by atoms with Gasteiger partial charge in [0.05, 0.1) is 43.2 Å². The van der Waals surface area contributed by atoms with Gasteiger partial charge in [0.15, 0.2) is 23.1 Å². The molecule has 10 N–H and O–H groups in total. The molecule has 15 atom stereocenters. The highest BCUT2D eigenvalue weighted by atomic mass is 16.5. The molecule has 7 amide bonds. The molecule has 3 rings (SSSR count). The zero-order valence-electron chi connectivity index (χ0n) is 53.5. The maximum Gasteiger partial charge on any atom is 0.329 e. The second-order valence-corrected chi connectivity index (χ2v) is 24.9. The van der Waals surface area contributed by atoms with Gasteiger partial charge < -0.3 is 52.6 Å². The quantitative estimate of drug-likeness (QED) is 0.0435. The largest absolute Gasteiger partial charge is 0.458 e. The van der Waals surface area contributed by atoms with Crippen LogP contribution in [-0.4, -0.2) is 136 Å². The van der Waals surface area contributed by atoms with Crippen molar-refractivity contribution in [3.05, 3.63) is 35.9 Å². The summed E-state index contributed by atoms with van der Waals surface area (Å²) < 4.78 is 5.86. The molecule has 1 heterocycles. The van der Waals surface area contributed by atoms with Crippen LogP contribution in [0.5, 0.6) is 0 Å². The Morgan fingerprint density at radius 2 is 1.18 bits per heavy atom. The summed E-state index contributed by atoms with van der Waals surface area (Å²) in [5, 5.41) is 37.9. The fraction of sp³-hybridized carbons (Fsp3) is 0.723. The molecule has 0 unspecified atom stereocenters. The molecule has 0 bridgehead atoms. The van der Waals surface area contributed by atoms with Gasteiger partial charge in [0.25, 0.3) is 0 Å². The van der Waals surface area contributed by atoms with Gasteiger partial charge in [0, 0.05) is 49.9 Å². The van der Waals surface area contributed by atoms with Gasteiger partial charge in [-0.15, -0.1) is 0 Å². The number of aliphatic hydroxyl groups is 2. The number of hydrogen-bond donors (Lipinski definition) is 9. The number of ether oxygens (including phenoxy) is 1. The Labute approximate surface area is 514 Å². The SMILES string of the molecule is CC[C@H](Cc1ccccc1)C(=O)N[C@H](C(=O)C[C@@H](CO)C(=O)N[C@H](CCC(N)=O)C(=O)C[C@@H](C(=O)N[C@H](C(=O)C[C@@H](CO)C(=O)N[C@H]1C(=O)C[C@@H](C)C(=O)NC2(CCCCCC2)C(=O)N[C@@H]([C@@H](C)CC)C(=O)O[C@H]1C)[C@@H](C)CC)[C@@H](C)CC)[C@@H](C)CC. The summed E-state index contributed by atoms with van der Waals surface area (Å²) in [5.74, 6) is -15.5. The zero-order valence-corrected chi connectivity index (χ0v) is 53.5. The zero-order chi connectivity index (χ0) is 65.3. The van der Waals surface area contributed by atoms with Crippen molar-refractivity contribution in [1.82, 2.24) is 31.9 Å². The number of cyclic esters (lactones) is 1. The smallest absolute Gasteiger partial charge is 0.329 e. The Morgan fingerprint density at radius 3 is 1.69 bits per heavy atom. The van der Waals surface area contributed by atoms with E-state index >= 15 is 0 Å². The fourth-order valence-corrected chi connectivity index (χ4v) is 11.3.